The van der Waals surface area contributed by atoms with Crippen molar-refractivity contribution in [1.29, 1.82) is 0 Å². The highest BCUT2D eigenvalue weighted by atomic mass is 35.5. The average molecular weight is 382 g/mol. The summed E-state index contributed by atoms with van der Waals surface area (Å²) in [6, 6.07) is 11.7. The predicted molar refractivity (Wildman–Crippen MR) is 96.2 cm³/mol. The summed E-state index contributed by atoms with van der Waals surface area (Å²) >= 11 is 11.8. The predicted octanol–water partition coefficient (Wildman–Crippen LogP) is 3.87. The molecule has 1 amide bonds. The number of ether oxygens (including phenoxy) is 2. The summed E-state index contributed by atoms with van der Waals surface area (Å²) in [5.74, 6) is -0.525. The van der Waals surface area contributed by atoms with Gasteiger partial charge in [0.25, 0.3) is 5.91 Å². The van der Waals surface area contributed by atoms with Crippen molar-refractivity contribution < 1.29 is 19.1 Å². The topological polar surface area (TPSA) is 64.6 Å². The molecule has 25 heavy (non-hydrogen) atoms. The number of rotatable bonds is 7. The minimum atomic E-state index is -0.576. The molecule has 0 spiro atoms. The van der Waals surface area contributed by atoms with Crippen molar-refractivity contribution in [1.82, 2.24) is 5.32 Å². The molecule has 5 nitrogen and oxygen atoms in total. The van der Waals surface area contributed by atoms with Crippen LogP contribution in [0.5, 0.6) is 5.75 Å². The highest BCUT2D eigenvalue weighted by Gasteiger charge is 2.14. The quantitative estimate of drug-likeness (QED) is 0.739. The SMILES string of the molecule is CCOc1ccccc1C(=O)NCC(=O)OCc1ccc(Cl)cc1Cl. The molecule has 2 aromatic carbocycles. The molecule has 0 radical (unpaired) electrons. The molecule has 0 atom stereocenters. The number of carbonyl (C=O) groups is 2. The van der Waals surface area contributed by atoms with Crippen LogP contribution in [0.15, 0.2) is 42.5 Å². The van der Waals surface area contributed by atoms with E-state index < -0.39 is 11.9 Å². The van der Waals surface area contributed by atoms with E-state index in [0.717, 1.165) is 0 Å². The molecular formula is C18H17Cl2NO4. The normalized spacial score (nSPS) is 10.2. The molecule has 2 aromatic rings. The van der Waals surface area contributed by atoms with E-state index in [0.29, 0.717) is 33.5 Å². The van der Waals surface area contributed by atoms with E-state index in [1.165, 1.54) is 0 Å². The Labute approximate surface area is 155 Å². The van der Waals surface area contributed by atoms with Crippen LogP contribution in [0.1, 0.15) is 22.8 Å². The number of halogens is 2. The lowest BCUT2D eigenvalue weighted by Gasteiger charge is -2.11. The second kappa shape index (κ2) is 9.30. The van der Waals surface area contributed by atoms with Crippen molar-refractivity contribution in [2.75, 3.05) is 13.2 Å². The number of esters is 1. The van der Waals surface area contributed by atoms with Crippen molar-refractivity contribution in [3.63, 3.8) is 0 Å². The van der Waals surface area contributed by atoms with Crippen molar-refractivity contribution >= 4 is 35.1 Å². The molecule has 0 aliphatic carbocycles. The maximum Gasteiger partial charge on any atom is 0.325 e. The molecule has 0 unspecified atom stereocenters. The van der Waals surface area contributed by atoms with E-state index in [1.54, 1.807) is 42.5 Å². The lowest BCUT2D eigenvalue weighted by Crippen LogP contribution is -2.30. The third-order valence-electron chi connectivity index (χ3n) is 3.23. The summed E-state index contributed by atoms with van der Waals surface area (Å²) in [6.45, 7) is 2.01. The van der Waals surface area contributed by atoms with Crippen LogP contribution in [0.25, 0.3) is 0 Å². The lowest BCUT2D eigenvalue weighted by atomic mass is 10.2. The van der Waals surface area contributed by atoms with Gasteiger partial charge in [0.15, 0.2) is 0 Å². The van der Waals surface area contributed by atoms with Crippen LogP contribution in [0.3, 0.4) is 0 Å². The van der Waals surface area contributed by atoms with Gasteiger partial charge in [-0.25, -0.2) is 0 Å². The van der Waals surface area contributed by atoms with Gasteiger partial charge in [-0.05, 0) is 31.2 Å². The lowest BCUT2D eigenvalue weighted by molar-refractivity contribution is -0.143. The number of amides is 1. The first-order valence-electron chi connectivity index (χ1n) is 7.60. The Bertz CT molecular complexity index is 764. The van der Waals surface area contributed by atoms with Crippen LogP contribution in [0, 0.1) is 0 Å². The molecule has 132 valence electrons. The van der Waals surface area contributed by atoms with E-state index in [9.17, 15) is 9.59 Å². The largest absolute Gasteiger partial charge is 0.493 e. The number of carbonyl (C=O) groups excluding carboxylic acids is 2. The van der Waals surface area contributed by atoms with Gasteiger partial charge in [0.05, 0.1) is 12.2 Å². The average Bonchev–Trinajstić information content (AvgIpc) is 2.59. The van der Waals surface area contributed by atoms with Crippen molar-refractivity contribution in [3.8, 4) is 5.75 Å². The fraction of sp³-hybridized carbons (Fsp3) is 0.222. The molecule has 0 fully saturated rings. The first-order valence-corrected chi connectivity index (χ1v) is 8.36. The number of nitrogens with one attached hydrogen (secondary N) is 1. The molecule has 1 N–H and O–H groups in total. The van der Waals surface area contributed by atoms with Gasteiger partial charge >= 0.3 is 5.97 Å². The zero-order valence-electron chi connectivity index (χ0n) is 13.6. The van der Waals surface area contributed by atoms with Crippen LogP contribution in [0.2, 0.25) is 10.0 Å². The van der Waals surface area contributed by atoms with Gasteiger partial charge in [-0.2, -0.15) is 0 Å². The van der Waals surface area contributed by atoms with Crippen LogP contribution >= 0.6 is 23.2 Å². The molecule has 0 bridgehead atoms. The molecule has 0 aromatic heterocycles. The summed E-state index contributed by atoms with van der Waals surface area (Å²) in [5.41, 5.74) is 0.991. The summed E-state index contributed by atoms with van der Waals surface area (Å²) in [4.78, 5) is 24.0. The monoisotopic (exact) mass is 381 g/mol. The highest BCUT2D eigenvalue weighted by Crippen LogP contribution is 2.21. The third-order valence-corrected chi connectivity index (χ3v) is 3.82. The molecule has 0 aliphatic rings. The Balaban J connectivity index is 1.86. The Morgan fingerprint density at radius 1 is 1.12 bits per heavy atom. The van der Waals surface area contributed by atoms with E-state index >= 15 is 0 Å². The minimum absolute atomic E-state index is 0.000237. The number of para-hydroxylation sites is 1. The van der Waals surface area contributed by atoms with E-state index in [4.69, 9.17) is 32.7 Å². The van der Waals surface area contributed by atoms with Gasteiger partial charge in [-0.15, -0.1) is 0 Å². The maximum atomic E-state index is 12.2. The number of hydrogen-bond acceptors (Lipinski definition) is 4. The van der Waals surface area contributed by atoms with Gasteiger partial charge < -0.3 is 14.8 Å². The smallest absolute Gasteiger partial charge is 0.325 e. The van der Waals surface area contributed by atoms with Crippen LogP contribution < -0.4 is 10.1 Å². The minimum Gasteiger partial charge on any atom is -0.493 e. The molecule has 0 saturated carbocycles. The Morgan fingerprint density at radius 3 is 2.60 bits per heavy atom. The van der Waals surface area contributed by atoms with Gasteiger partial charge in [-0.1, -0.05) is 41.4 Å². The van der Waals surface area contributed by atoms with E-state index in [1.807, 2.05) is 6.92 Å². The maximum absolute atomic E-state index is 12.2. The van der Waals surface area contributed by atoms with Gasteiger partial charge in [0, 0.05) is 15.6 Å². The van der Waals surface area contributed by atoms with Crippen molar-refractivity contribution in [3.05, 3.63) is 63.6 Å². The van der Waals surface area contributed by atoms with Crippen LogP contribution in [0.4, 0.5) is 0 Å². The molecular weight excluding hydrogens is 365 g/mol. The van der Waals surface area contributed by atoms with Crippen LogP contribution in [-0.4, -0.2) is 25.0 Å². The summed E-state index contributed by atoms with van der Waals surface area (Å²) in [7, 11) is 0. The standard InChI is InChI=1S/C18H17Cl2NO4/c1-2-24-16-6-4-3-5-14(16)18(23)21-10-17(22)25-11-12-7-8-13(19)9-15(12)20/h3-9H,2,10-11H2,1H3,(H,21,23). The zero-order valence-corrected chi connectivity index (χ0v) is 15.1. The zero-order chi connectivity index (χ0) is 18.2. The first-order chi connectivity index (χ1) is 12.0. The summed E-state index contributed by atoms with van der Waals surface area (Å²) in [6.07, 6.45) is 0. The second-order valence-electron chi connectivity index (χ2n) is 5.01. The second-order valence-corrected chi connectivity index (χ2v) is 5.85. The first kappa shape index (κ1) is 19.1. The molecule has 0 heterocycles. The highest BCUT2D eigenvalue weighted by molar-refractivity contribution is 6.35. The number of hydrogen-bond donors (Lipinski definition) is 1. The summed E-state index contributed by atoms with van der Waals surface area (Å²) < 4.78 is 10.5. The Morgan fingerprint density at radius 2 is 1.88 bits per heavy atom. The van der Waals surface area contributed by atoms with E-state index in [-0.39, 0.29) is 13.2 Å². The molecule has 0 aliphatic heterocycles. The fourth-order valence-electron chi connectivity index (χ4n) is 2.03. The Hall–Kier alpha value is -2.24. The molecule has 7 heteroatoms. The van der Waals surface area contributed by atoms with Crippen LogP contribution in [-0.2, 0) is 16.1 Å². The third kappa shape index (κ3) is 5.66. The van der Waals surface area contributed by atoms with E-state index in [2.05, 4.69) is 5.32 Å². The Kier molecular flexibility index (Phi) is 7.10. The molecule has 2 rings (SSSR count). The number of benzene rings is 2. The van der Waals surface area contributed by atoms with Gasteiger partial charge in [-0.3, -0.25) is 9.59 Å². The van der Waals surface area contributed by atoms with Gasteiger partial charge in [0.1, 0.15) is 18.9 Å². The molecule has 0 saturated heterocycles. The fourth-order valence-corrected chi connectivity index (χ4v) is 2.49. The van der Waals surface area contributed by atoms with Crippen molar-refractivity contribution in [2.24, 2.45) is 0 Å². The van der Waals surface area contributed by atoms with Gasteiger partial charge in [0.2, 0.25) is 0 Å². The van der Waals surface area contributed by atoms with Crippen molar-refractivity contribution in [2.45, 2.75) is 13.5 Å². The summed E-state index contributed by atoms with van der Waals surface area (Å²) in [5, 5.41) is 3.42.